The minimum atomic E-state index is -0.906. The first-order valence-corrected chi connectivity index (χ1v) is 9.58. The summed E-state index contributed by atoms with van der Waals surface area (Å²) in [5.74, 6) is -1.83. The highest BCUT2D eigenvalue weighted by atomic mass is 32.1. The molecule has 0 spiro atoms. The standard InChI is InChI=1S/C19H20N2O3S/c1-9-2-5-12-13(8-20)18(25-14(12)6-9)21-17(22)15-10-3-4-11(7-10)16(15)19(23)24/h3-4,9-11,15-16H,2,5-7H2,1H3,(H,21,22)(H,23,24)/t9-,10-,11+,15+,16+/m1/s1. The van der Waals surface area contributed by atoms with Crippen LogP contribution in [0.15, 0.2) is 12.2 Å². The molecule has 1 fully saturated rings. The first kappa shape index (κ1) is 16.3. The first-order chi connectivity index (χ1) is 12.0. The topological polar surface area (TPSA) is 90.2 Å². The van der Waals surface area contributed by atoms with Crippen LogP contribution in [0.3, 0.4) is 0 Å². The SMILES string of the molecule is C[C@@H]1CCc2c(sc(NC(=O)[C@@H]3[C@@H](C(=O)O)[C@H]4C=C[C@@H]3C4)c2C#N)C1. The molecule has 6 heteroatoms. The van der Waals surface area contributed by atoms with Crippen LogP contribution >= 0.6 is 11.3 Å². The molecule has 1 heterocycles. The van der Waals surface area contributed by atoms with E-state index in [-0.39, 0.29) is 17.7 Å². The van der Waals surface area contributed by atoms with E-state index in [9.17, 15) is 20.0 Å². The van der Waals surface area contributed by atoms with Crippen LogP contribution in [0.4, 0.5) is 5.00 Å². The van der Waals surface area contributed by atoms with Gasteiger partial charge in [-0.2, -0.15) is 5.26 Å². The Bertz CT molecular complexity index is 819. The van der Waals surface area contributed by atoms with Gasteiger partial charge in [0.05, 0.1) is 17.4 Å². The van der Waals surface area contributed by atoms with Gasteiger partial charge in [0.1, 0.15) is 11.1 Å². The Hall–Kier alpha value is -2.13. The van der Waals surface area contributed by atoms with Crippen molar-refractivity contribution in [2.24, 2.45) is 29.6 Å². The van der Waals surface area contributed by atoms with Crippen molar-refractivity contribution >= 4 is 28.2 Å². The zero-order valence-corrected chi connectivity index (χ0v) is 14.8. The third-order valence-electron chi connectivity index (χ3n) is 5.91. The Kier molecular flexibility index (Phi) is 3.92. The predicted molar refractivity (Wildman–Crippen MR) is 94.2 cm³/mol. The predicted octanol–water partition coefficient (Wildman–Crippen LogP) is 3.21. The summed E-state index contributed by atoms with van der Waals surface area (Å²) >= 11 is 1.49. The summed E-state index contributed by atoms with van der Waals surface area (Å²) in [5.41, 5.74) is 1.65. The molecule has 0 radical (unpaired) electrons. The highest BCUT2D eigenvalue weighted by Crippen LogP contribution is 2.49. The van der Waals surface area contributed by atoms with Gasteiger partial charge in [0, 0.05) is 4.88 Å². The Labute approximate surface area is 150 Å². The van der Waals surface area contributed by atoms with Crippen LogP contribution in [0, 0.1) is 40.9 Å². The van der Waals surface area contributed by atoms with E-state index in [0.29, 0.717) is 16.5 Å². The number of anilines is 1. The van der Waals surface area contributed by atoms with Crippen molar-refractivity contribution in [3.8, 4) is 6.07 Å². The average molecular weight is 356 g/mol. The van der Waals surface area contributed by atoms with Crippen LogP contribution in [0.1, 0.15) is 35.8 Å². The Morgan fingerprint density at radius 1 is 1.32 bits per heavy atom. The highest BCUT2D eigenvalue weighted by Gasteiger charge is 2.51. The number of carbonyl (C=O) groups is 2. The van der Waals surface area contributed by atoms with E-state index >= 15 is 0 Å². The Balaban J connectivity index is 1.61. The molecule has 0 aromatic carbocycles. The number of amides is 1. The van der Waals surface area contributed by atoms with Crippen molar-refractivity contribution in [3.05, 3.63) is 28.2 Å². The van der Waals surface area contributed by atoms with E-state index in [0.717, 1.165) is 31.2 Å². The van der Waals surface area contributed by atoms with Gasteiger partial charge in [0.2, 0.25) is 5.91 Å². The maximum absolute atomic E-state index is 12.9. The van der Waals surface area contributed by atoms with Gasteiger partial charge in [0.25, 0.3) is 0 Å². The zero-order valence-electron chi connectivity index (χ0n) is 14.0. The fourth-order valence-corrected chi connectivity index (χ4v) is 6.03. The molecule has 5 nitrogen and oxygen atoms in total. The number of nitrogens with one attached hydrogen (secondary N) is 1. The number of fused-ring (bicyclic) bond motifs is 3. The van der Waals surface area contributed by atoms with E-state index < -0.39 is 17.8 Å². The fraction of sp³-hybridized carbons (Fsp3) is 0.526. The third kappa shape index (κ3) is 2.58. The molecular weight excluding hydrogens is 336 g/mol. The Morgan fingerprint density at radius 2 is 2.04 bits per heavy atom. The van der Waals surface area contributed by atoms with Crippen LogP contribution in [0.25, 0.3) is 0 Å². The normalized spacial score (nSPS) is 32.2. The van der Waals surface area contributed by atoms with Crippen LogP contribution < -0.4 is 5.32 Å². The molecule has 2 N–H and O–H groups in total. The van der Waals surface area contributed by atoms with Crippen molar-refractivity contribution in [1.82, 2.24) is 0 Å². The van der Waals surface area contributed by atoms with Crippen LogP contribution in [0.2, 0.25) is 0 Å². The zero-order chi connectivity index (χ0) is 17.7. The number of rotatable bonds is 3. The van der Waals surface area contributed by atoms with Gasteiger partial charge in [0.15, 0.2) is 0 Å². The Morgan fingerprint density at radius 3 is 2.72 bits per heavy atom. The molecule has 5 atom stereocenters. The van der Waals surface area contributed by atoms with E-state index in [1.165, 1.54) is 16.2 Å². The molecule has 0 saturated heterocycles. The first-order valence-electron chi connectivity index (χ1n) is 8.76. The number of carboxylic acids is 1. The number of nitriles is 1. The molecule has 25 heavy (non-hydrogen) atoms. The lowest BCUT2D eigenvalue weighted by molar-refractivity contribution is -0.146. The second-order valence-electron chi connectivity index (χ2n) is 7.50. The van der Waals surface area contributed by atoms with Crippen LogP contribution in [-0.4, -0.2) is 17.0 Å². The van der Waals surface area contributed by atoms with Gasteiger partial charge < -0.3 is 10.4 Å². The van der Waals surface area contributed by atoms with Crippen LogP contribution in [-0.2, 0) is 22.4 Å². The molecule has 1 amide bonds. The smallest absolute Gasteiger partial charge is 0.307 e. The summed E-state index contributed by atoms with van der Waals surface area (Å²) in [7, 11) is 0. The summed E-state index contributed by atoms with van der Waals surface area (Å²) in [5, 5.41) is 22.6. The maximum atomic E-state index is 12.9. The van der Waals surface area contributed by atoms with Crippen molar-refractivity contribution in [2.75, 3.05) is 5.32 Å². The lowest BCUT2D eigenvalue weighted by atomic mass is 9.82. The molecule has 1 aromatic heterocycles. The van der Waals surface area contributed by atoms with Gasteiger partial charge in [-0.1, -0.05) is 19.1 Å². The van der Waals surface area contributed by atoms with Crippen LogP contribution in [0.5, 0.6) is 0 Å². The molecule has 130 valence electrons. The molecule has 0 unspecified atom stereocenters. The van der Waals surface area contributed by atoms with Gasteiger partial charge in [-0.25, -0.2) is 0 Å². The summed E-state index contributed by atoms with van der Waals surface area (Å²) in [6.07, 6.45) is 7.52. The minimum Gasteiger partial charge on any atom is -0.481 e. The summed E-state index contributed by atoms with van der Waals surface area (Å²) in [4.78, 5) is 25.7. The van der Waals surface area contributed by atoms with Gasteiger partial charge >= 0.3 is 5.97 Å². The van der Waals surface area contributed by atoms with Crippen molar-refractivity contribution in [3.63, 3.8) is 0 Å². The number of allylic oxidation sites excluding steroid dienone is 2. The van der Waals surface area contributed by atoms with Gasteiger partial charge in [-0.15, -0.1) is 11.3 Å². The molecule has 3 aliphatic carbocycles. The number of thiophene rings is 1. The maximum Gasteiger partial charge on any atom is 0.307 e. The van der Waals surface area contributed by atoms with E-state index in [1.54, 1.807) is 0 Å². The van der Waals surface area contributed by atoms with Gasteiger partial charge in [-0.3, -0.25) is 9.59 Å². The number of carboxylic acid groups (broad SMARTS) is 1. The quantitative estimate of drug-likeness (QED) is 0.814. The molecular formula is C19H20N2O3S. The highest BCUT2D eigenvalue weighted by molar-refractivity contribution is 7.16. The number of aliphatic carboxylic acids is 1. The number of hydrogen-bond donors (Lipinski definition) is 2. The average Bonchev–Trinajstić information content (AvgIpc) is 3.25. The second kappa shape index (κ2) is 5.99. The molecule has 2 bridgehead atoms. The fourth-order valence-electron chi connectivity index (χ4n) is 4.67. The second-order valence-corrected chi connectivity index (χ2v) is 8.60. The molecule has 3 aliphatic rings. The largest absolute Gasteiger partial charge is 0.481 e. The van der Waals surface area contributed by atoms with E-state index in [4.69, 9.17) is 0 Å². The molecule has 4 rings (SSSR count). The number of hydrogen-bond acceptors (Lipinski definition) is 4. The lowest BCUT2D eigenvalue weighted by Crippen LogP contribution is -2.36. The van der Waals surface area contributed by atoms with Crippen molar-refractivity contribution in [2.45, 2.75) is 32.6 Å². The van der Waals surface area contributed by atoms with E-state index in [1.807, 2.05) is 12.2 Å². The molecule has 1 aromatic rings. The summed E-state index contributed by atoms with van der Waals surface area (Å²) in [6.45, 7) is 2.20. The monoisotopic (exact) mass is 356 g/mol. The van der Waals surface area contributed by atoms with Crippen molar-refractivity contribution in [1.29, 1.82) is 5.26 Å². The third-order valence-corrected chi connectivity index (χ3v) is 7.08. The molecule has 0 aliphatic heterocycles. The van der Waals surface area contributed by atoms with Gasteiger partial charge in [-0.05, 0) is 49.0 Å². The summed E-state index contributed by atoms with van der Waals surface area (Å²) < 4.78 is 0. The number of nitrogens with zero attached hydrogens (tertiary/aromatic N) is 1. The summed E-state index contributed by atoms with van der Waals surface area (Å²) in [6, 6.07) is 2.25. The number of carbonyl (C=O) groups excluding carboxylic acids is 1. The van der Waals surface area contributed by atoms with E-state index in [2.05, 4.69) is 18.3 Å². The van der Waals surface area contributed by atoms with Crippen molar-refractivity contribution < 1.29 is 14.7 Å². The minimum absolute atomic E-state index is 0.00811. The molecule has 1 saturated carbocycles. The lowest BCUT2D eigenvalue weighted by Gasteiger charge is -2.23.